The third-order valence-electron chi connectivity index (χ3n) is 3.90. The Kier molecular flexibility index (Phi) is 3.50. The van der Waals surface area contributed by atoms with Gasteiger partial charge in [0.15, 0.2) is 5.78 Å². The maximum Gasteiger partial charge on any atom is 0.307 e. The van der Waals surface area contributed by atoms with Gasteiger partial charge >= 0.3 is 5.97 Å². The van der Waals surface area contributed by atoms with Gasteiger partial charge in [-0.3, -0.25) is 9.59 Å². The molecule has 0 radical (unpaired) electrons. The van der Waals surface area contributed by atoms with Crippen LogP contribution in [0.3, 0.4) is 0 Å². The predicted octanol–water partition coefficient (Wildman–Crippen LogP) is 2.99. The van der Waals surface area contributed by atoms with Crippen LogP contribution >= 0.6 is 0 Å². The minimum atomic E-state index is -0.836. The van der Waals surface area contributed by atoms with Crippen molar-refractivity contribution in [1.82, 2.24) is 0 Å². The van der Waals surface area contributed by atoms with Crippen LogP contribution < -0.4 is 0 Å². The summed E-state index contributed by atoms with van der Waals surface area (Å²) in [5.74, 6) is -1.67. The van der Waals surface area contributed by atoms with E-state index in [0.717, 1.165) is 23.1 Å². The van der Waals surface area contributed by atoms with Crippen LogP contribution in [0.25, 0.3) is 0 Å². The molecule has 0 bridgehead atoms. The molecular weight excluding hydrogens is 228 g/mol. The molecule has 1 saturated carbocycles. The van der Waals surface area contributed by atoms with Gasteiger partial charge in [-0.05, 0) is 37.8 Å². The lowest BCUT2D eigenvalue weighted by Crippen LogP contribution is -2.26. The topological polar surface area (TPSA) is 54.4 Å². The molecule has 1 aromatic rings. The molecule has 2 atom stereocenters. The standard InChI is InChI=1S/C15H18O3/c1-9-5-3-6-10(2)13(9)14(16)11-7-4-8-12(11)15(17)18/h3,5-6,11-12H,4,7-8H2,1-2H3,(H,17,18)/t11-,12+/m1/s1. The zero-order valence-electron chi connectivity index (χ0n) is 10.8. The van der Waals surface area contributed by atoms with Gasteiger partial charge in [-0.2, -0.15) is 0 Å². The van der Waals surface area contributed by atoms with Gasteiger partial charge in [-0.1, -0.05) is 24.6 Å². The van der Waals surface area contributed by atoms with E-state index in [1.54, 1.807) is 0 Å². The highest BCUT2D eigenvalue weighted by molar-refractivity contribution is 6.02. The summed E-state index contributed by atoms with van der Waals surface area (Å²) < 4.78 is 0. The zero-order valence-corrected chi connectivity index (χ0v) is 10.8. The van der Waals surface area contributed by atoms with Gasteiger partial charge in [0.25, 0.3) is 0 Å². The Labute approximate surface area is 107 Å². The quantitative estimate of drug-likeness (QED) is 0.834. The van der Waals surface area contributed by atoms with Crippen molar-refractivity contribution < 1.29 is 14.7 Å². The highest BCUT2D eigenvalue weighted by Crippen LogP contribution is 2.35. The summed E-state index contributed by atoms with van der Waals surface area (Å²) in [6.07, 6.45) is 2.15. The number of carboxylic acid groups (broad SMARTS) is 1. The molecule has 1 fully saturated rings. The van der Waals surface area contributed by atoms with E-state index in [2.05, 4.69) is 0 Å². The molecule has 0 heterocycles. The van der Waals surface area contributed by atoms with E-state index in [4.69, 9.17) is 5.11 Å². The number of hydrogen-bond acceptors (Lipinski definition) is 2. The molecule has 1 aliphatic rings. The molecule has 0 unspecified atom stereocenters. The second-order valence-electron chi connectivity index (χ2n) is 5.11. The number of benzene rings is 1. The molecule has 3 nitrogen and oxygen atoms in total. The van der Waals surface area contributed by atoms with Crippen LogP contribution in [0, 0.1) is 25.7 Å². The fourth-order valence-corrected chi connectivity index (χ4v) is 2.96. The number of carboxylic acids is 1. The molecule has 96 valence electrons. The van der Waals surface area contributed by atoms with Crippen LogP contribution in [-0.2, 0) is 4.79 Å². The number of carbonyl (C=O) groups is 2. The van der Waals surface area contributed by atoms with Gasteiger partial charge in [0.05, 0.1) is 5.92 Å². The van der Waals surface area contributed by atoms with Crippen molar-refractivity contribution in [3.63, 3.8) is 0 Å². The summed E-state index contributed by atoms with van der Waals surface area (Å²) >= 11 is 0. The van der Waals surface area contributed by atoms with Crippen molar-refractivity contribution in [2.24, 2.45) is 11.8 Å². The lowest BCUT2D eigenvalue weighted by molar-refractivity contribution is -0.142. The molecule has 0 aliphatic heterocycles. The van der Waals surface area contributed by atoms with Gasteiger partial charge in [-0.25, -0.2) is 0 Å². The number of ketones is 1. The summed E-state index contributed by atoms with van der Waals surface area (Å²) in [6.45, 7) is 3.82. The van der Waals surface area contributed by atoms with E-state index in [1.807, 2.05) is 32.0 Å². The molecule has 3 heteroatoms. The first-order valence-electron chi connectivity index (χ1n) is 6.35. The van der Waals surface area contributed by atoms with Crippen molar-refractivity contribution >= 4 is 11.8 Å². The van der Waals surface area contributed by atoms with Gasteiger partial charge in [0.2, 0.25) is 0 Å². The highest BCUT2D eigenvalue weighted by atomic mass is 16.4. The van der Waals surface area contributed by atoms with Crippen LogP contribution in [0.4, 0.5) is 0 Å². The van der Waals surface area contributed by atoms with Crippen LogP contribution in [0.5, 0.6) is 0 Å². The van der Waals surface area contributed by atoms with Crippen molar-refractivity contribution in [2.75, 3.05) is 0 Å². The van der Waals surface area contributed by atoms with E-state index in [0.29, 0.717) is 12.8 Å². The summed E-state index contributed by atoms with van der Waals surface area (Å²) in [5, 5.41) is 9.17. The molecule has 0 saturated heterocycles. The first kappa shape index (κ1) is 12.8. The summed E-state index contributed by atoms with van der Waals surface area (Å²) in [5.41, 5.74) is 2.60. The van der Waals surface area contributed by atoms with Crippen molar-refractivity contribution in [1.29, 1.82) is 0 Å². The average Bonchev–Trinajstić information content (AvgIpc) is 2.77. The molecule has 18 heavy (non-hydrogen) atoms. The SMILES string of the molecule is Cc1cccc(C)c1C(=O)[C@@H]1CCC[C@@H]1C(=O)O. The number of aryl methyl sites for hydroxylation is 2. The third kappa shape index (κ3) is 2.17. The Morgan fingerprint density at radius 2 is 1.67 bits per heavy atom. The maximum atomic E-state index is 12.5. The van der Waals surface area contributed by atoms with Crippen LogP contribution in [-0.4, -0.2) is 16.9 Å². The number of carbonyl (C=O) groups excluding carboxylic acids is 1. The van der Waals surface area contributed by atoms with E-state index in [-0.39, 0.29) is 11.7 Å². The Morgan fingerprint density at radius 3 is 2.22 bits per heavy atom. The number of rotatable bonds is 3. The second kappa shape index (κ2) is 4.92. The summed E-state index contributed by atoms with van der Waals surface area (Å²) in [4.78, 5) is 23.7. The number of aliphatic carboxylic acids is 1. The minimum Gasteiger partial charge on any atom is -0.481 e. The molecule has 1 aliphatic carbocycles. The third-order valence-corrected chi connectivity index (χ3v) is 3.90. The molecule has 0 amide bonds. The van der Waals surface area contributed by atoms with Crippen molar-refractivity contribution in [2.45, 2.75) is 33.1 Å². The minimum absolute atomic E-state index is 0.00972. The summed E-state index contributed by atoms with van der Waals surface area (Å²) in [6, 6.07) is 5.74. The molecule has 1 N–H and O–H groups in total. The molecule has 0 aromatic heterocycles. The Hall–Kier alpha value is -1.64. The molecule has 2 rings (SSSR count). The average molecular weight is 246 g/mol. The van der Waals surface area contributed by atoms with Crippen LogP contribution in [0.2, 0.25) is 0 Å². The normalized spacial score (nSPS) is 23.0. The smallest absolute Gasteiger partial charge is 0.307 e. The second-order valence-corrected chi connectivity index (χ2v) is 5.11. The fourth-order valence-electron chi connectivity index (χ4n) is 2.96. The molecule has 1 aromatic carbocycles. The monoisotopic (exact) mass is 246 g/mol. The fraction of sp³-hybridized carbons (Fsp3) is 0.467. The summed E-state index contributed by atoms with van der Waals surface area (Å²) in [7, 11) is 0. The van der Waals surface area contributed by atoms with Gasteiger partial charge < -0.3 is 5.11 Å². The first-order chi connectivity index (χ1) is 8.52. The first-order valence-corrected chi connectivity index (χ1v) is 6.35. The predicted molar refractivity (Wildman–Crippen MR) is 68.7 cm³/mol. The van der Waals surface area contributed by atoms with E-state index in [1.165, 1.54) is 0 Å². The van der Waals surface area contributed by atoms with Crippen molar-refractivity contribution in [3.05, 3.63) is 34.9 Å². The van der Waals surface area contributed by atoms with Gasteiger partial charge in [-0.15, -0.1) is 0 Å². The lowest BCUT2D eigenvalue weighted by Gasteiger charge is -2.17. The Balaban J connectivity index is 2.34. The van der Waals surface area contributed by atoms with Gasteiger partial charge in [0, 0.05) is 11.5 Å². The Bertz CT molecular complexity index is 470. The number of Topliss-reactive ketones (excluding diaryl/α,β-unsaturated/α-hetero) is 1. The maximum absolute atomic E-state index is 12.5. The van der Waals surface area contributed by atoms with Crippen molar-refractivity contribution in [3.8, 4) is 0 Å². The van der Waals surface area contributed by atoms with Crippen LogP contribution in [0.15, 0.2) is 18.2 Å². The van der Waals surface area contributed by atoms with E-state index >= 15 is 0 Å². The lowest BCUT2D eigenvalue weighted by atomic mass is 9.85. The zero-order chi connectivity index (χ0) is 13.3. The van der Waals surface area contributed by atoms with Crippen LogP contribution in [0.1, 0.15) is 40.7 Å². The van der Waals surface area contributed by atoms with E-state index in [9.17, 15) is 9.59 Å². The largest absolute Gasteiger partial charge is 0.481 e. The Morgan fingerprint density at radius 1 is 1.11 bits per heavy atom. The molecule has 0 spiro atoms. The highest BCUT2D eigenvalue weighted by Gasteiger charge is 2.38. The van der Waals surface area contributed by atoms with E-state index < -0.39 is 11.9 Å². The number of hydrogen-bond donors (Lipinski definition) is 1. The van der Waals surface area contributed by atoms with Gasteiger partial charge in [0.1, 0.15) is 0 Å². The molecular formula is C15H18O3.